The van der Waals surface area contributed by atoms with E-state index in [1.165, 1.54) is 5.32 Å². The number of carbonyl (C=O) groups excluding carboxylic acids is 2. The van der Waals surface area contributed by atoms with Gasteiger partial charge < -0.3 is 5.32 Å². The fraction of sp³-hybridized carbons (Fsp3) is 0.818. The van der Waals surface area contributed by atoms with Gasteiger partial charge in [0.1, 0.15) is 0 Å². The van der Waals surface area contributed by atoms with Gasteiger partial charge in [0.25, 0.3) is 0 Å². The van der Waals surface area contributed by atoms with Crippen molar-refractivity contribution in [3.63, 3.8) is 0 Å². The minimum atomic E-state index is -6.40. The summed E-state index contributed by atoms with van der Waals surface area (Å²) in [4.78, 5) is 21.8. The number of carbonyl (C=O) groups is 2. The third kappa shape index (κ3) is 6.74. The average molecular weight is 435 g/mol. The zero-order chi connectivity index (χ0) is 20.8. The Balaban J connectivity index is 4.01. The average Bonchev–Trinajstić information content (AvgIpc) is 2.46. The van der Waals surface area contributed by atoms with Crippen molar-refractivity contribution in [2.45, 2.75) is 49.0 Å². The highest BCUT2D eigenvalue weighted by atomic mass is 32.3. The fourth-order valence-electron chi connectivity index (χ4n) is 1.64. The van der Waals surface area contributed by atoms with Gasteiger partial charge in [-0.05, 0) is 12.8 Å². The molecule has 0 aromatic carbocycles. The highest BCUT2D eigenvalue weighted by Gasteiger charge is 2.53. The molecule has 0 saturated carbocycles. The zero-order valence-corrected chi connectivity index (χ0v) is 14.6. The van der Waals surface area contributed by atoms with Crippen molar-refractivity contribution in [2.24, 2.45) is 0 Å². The van der Waals surface area contributed by atoms with Crippen LogP contribution in [0.2, 0.25) is 0 Å². The molecule has 0 saturated heterocycles. The molecule has 0 atom stereocenters. The molecular weight excluding hydrogens is 420 g/mol. The Morgan fingerprint density at radius 1 is 0.731 bits per heavy atom. The van der Waals surface area contributed by atoms with Gasteiger partial charge in [-0.3, -0.25) is 9.59 Å². The van der Waals surface area contributed by atoms with Crippen molar-refractivity contribution < 1.29 is 51.8 Å². The second-order valence-electron chi connectivity index (χ2n) is 5.11. The van der Waals surface area contributed by atoms with Gasteiger partial charge >= 0.3 is 36.9 Å². The van der Waals surface area contributed by atoms with Gasteiger partial charge in [0.05, 0.1) is 0 Å². The van der Waals surface area contributed by atoms with Crippen LogP contribution in [0, 0.1) is 0 Å². The maximum absolute atomic E-state index is 12.8. The first-order chi connectivity index (χ1) is 11.5. The first kappa shape index (κ1) is 24.6. The largest absolute Gasteiger partial charge is 0.451 e. The molecule has 0 fully saturated rings. The maximum Gasteiger partial charge on any atom is 0.451 e. The van der Waals surface area contributed by atoms with Crippen molar-refractivity contribution in [1.82, 2.24) is 5.32 Å². The molecule has 1 N–H and O–H groups in total. The summed E-state index contributed by atoms with van der Waals surface area (Å²) < 4.78 is 116. The molecule has 0 aliphatic heterocycles. The number of unbranched alkanes of at least 4 members (excludes halogenated alkanes) is 4. The maximum atomic E-state index is 12.8. The Bertz CT molecular complexity index is 659. The van der Waals surface area contributed by atoms with Gasteiger partial charge in [-0.25, -0.2) is 0 Å². The molecule has 0 rings (SSSR count). The van der Waals surface area contributed by atoms with E-state index < -0.39 is 55.6 Å². The Kier molecular flexibility index (Phi) is 8.53. The third-order valence-electron chi connectivity index (χ3n) is 3.07. The van der Waals surface area contributed by atoms with Crippen LogP contribution >= 0.6 is 0 Å². The second-order valence-corrected chi connectivity index (χ2v) is 7.88. The van der Waals surface area contributed by atoms with E-state index in [0.717, 1.165) is 0 Å². The Labute approximate surface area is 145 Å². The van der Waals surface area contributed by atoms with Gasteiger partial charge in [0.15, 0.2) is 0 Å². The quantitative estimate of drug-likeness (QED) is 0.284. The van der Waals surface area contributed by atoms with Crippen LogP contribution in [0.1, 0.15) is 38.5 Å². The number of ketones is 1. The normalized spacial score (nSPS) is 13.5. The van der Waals surface area contributed by atoms with Crippen molar-refractivity contribution in [1.29, 1.82) is 0 Å². The molecule has 0 spiro atoms. The van der Waals surface area contributed by atoms with Crippen LogP contribution < -0.4 is 5.32 Å². The lowest BCUT2D eigenvalue weighted by molar-refractivity contribution is -0.136. The number of alkyl halides is 4. The van der Waals surface area contributed by atoms with Gasteiger partial charge in [0.2, 0.25) is 5.78 Å². The van der Waals surface area contributed by atoms with E-state index in [4.69, 9.17) is 0 Å². The van der Waals surface area contributed by atoms with Crippen LogP contribution in [-0.4, -0.2) is 45.6 Å². The van der Waals surface area contributed by atoms with Crippen LogP contribution in [-0.2, 0) is 30.0 Å². The summed E-state index contributed by atoms with van der Waals surface area (Å²) in [6, 6.07) is 0. The van der Waals surface area contributed by atoms with E-state index in [1.54, 1.807) is 0 Å². The van der Waals surface area contributed by atoms with Crippen molar-refractivity contribution in [3.05, 3.63) is 0 Å². The summed E-state index contributed by atoms with van der Waals surface area (Å²) in [7, 11) is -12.7. The summed E-state index contributed by atoms with van der Waals surface area (Å²) >= 11 is 0. The molecule has 1 amide bonds. The second kappa shape index (κ2) is 9.01. The Morgan fingerprint density at radius 2 is 1.15 bits per heavy atom. The molecule has 7 nitrogen and oxygen atoms in total. The Hall–Kier alpha value is -1.38. The van der Waals surface area contributed by atoms with E-state index in [2.05, 4.69) is 0 Å². The molecule has 0 aromatic heterocycles. The molecule has 15 heteroatoms. The van der Waals surface area contributed by atoms with E-state index >= 15 is 0 Å². The molecule has 0 radical (unpaired) electrons. The van der Waals surface area contributed by atoms with Crippen LogP contribution in [0.15, 0.2) is 0 Å². The molecule has 0 aliphatic carbocycles. The van der Waals surface area contributed by atoms with Gasteiger partial charge in [-0.15, -0.1) is 0 Å². The van der Waals surface area contributed by atoms with Crippen LogP contribution in [0.25, 0.3) is 0 Å². The highest BCUT2D eigenvalue weighted by molar-refractivity contribution is 7.88. The number of Topliss-reactive ketones (excluding diaryl/α,β-unsaturated/α-hetero) is 1. The number of hydrogen-bond donors (Lipinski definition) is 1. The third-order valence-corrected chi connectivity index (χ3v) is 4.71. The van der Waals surface area contributed by atoms with E-state index in [9.17, 15) is 51.8 Å². The van der Waals surface area contributed by atoms with Gasteiger partial charge in [-0.1, -0.05) is 27.0 Å². The highest BCUT2D eigenvalue weighted by Crippen LogP contribution is 2.27. The van der Waals surface area contributed by atoms with Crippen LogP contribution in [0.5, 0.6) is 0 Å². The van der Waals surface area contributed by atoms with Gasteiger partial charge in [-0.2, -0.15) is 34.4 Å². The predicted octanol–water partition coefficient (Wildman–Crippen LogP) is 1.80. The lowest BCUT2D eigenvalue weighted by atomic mass is 10.1. The van der Waals surface area contributed by atoms with Crippen LogP contribution in [0.3, 0.4) is 0 Å². The minimum absolute atomic E-state index is 0.0527. The lowest BCUT2D eigenvalue weighted by Gasteiger charge is -2.11. The molecule has 0 unspecified atom stereocenters. The smallest absolute Gasteiger partial charge is 0.350 e. The molecule has 26 heavy (non-hydrogen) atoms. The monoisotopic (exact) mass is 435 g/mol. The molecular formula is C11H15F6NO6S2. The standard InChI is InChI=1S/C11H15F6NO6S2/c12-10(13,25(16,21)22)8(19)6-4-2-1-3-5-7-18-9(20)11(14,15)26(17,23)24/h1-7H2,(H,18,20). The van der Waals surface area contributed by atoms with Crippen molar-refractivity contribution >= 4 is 32.1 Å². The number of hydrogen-bond acceptors (Lipinski definition) is 6. The lowest BCUT2D eigenvalue weighted by Crippen LogP contribution is -2.44. The summed E-state index contributed by atoms with van der Waals surface area (Å²) in [5.74, 6) is -4.43. The Morgan fingerprint density at radius 3 is 1.62 bits per heavy atom. The van der Waals surface area contributed by atoms with Crippen molar-refractivity contribution in [3.8, 4) is 0 Å². The van der Waals surface area contributed by atoms with E-state index in [1.807, 2.05) is 0 Å². The first-order valence-corrected chi connectivity index (χ1v) is 9.77. The zero-order valence-electron chi connectivity index (χ0n) is 13.0. The van der Waals surface area contributed by atoms with Crippen molar-refractivity contribution in [2.75, 3.05) is 6.54 Å². The predicted molar refractivity (Wildman–Crippen MR) is 75.7 cm³/mol. The number of amides is 1. The summed E-state index contributed by atoms with van der Waals surface area (Å²) in [5, 5.41) is -8.82. The van der Waals surface area contributed by atoms with E-state index in [-0.39, 0.29) is 32.1 Å². The van der Waals surface area contributed by atoms with Gasteiger partial charge in [0, 0.05) is 13.0 Å². The molecule has 0 heterocycles. The first-order valence-electron chi connectivity index (χ1n) is 7.00. The number of rotatable bonds is 12. The minimum Gasteiger partial charge on any atom is -0.350 e. The van der Waals surface area contributed by atoms with Crippen LogP contribution in [0.4, 0.5) is 25.3 Å². The SMILES string of the molecule is O=C(CCCCCCCNC(=O)C(F)(F)S(=O)(=O)F)C(F)(F)S(=O)(=O)F. The topological polar surface area (TPSA) is 114 Å². The summed E-state index contributed by atoms with van der Waals surface area (Å²) in [5.41, 5.74) is 0. The fourth-order valence-corrected chi connectivity index (χ4v) is 2.31. The molecule has 154 valence electrons. The molecule has 0 bridgehead atoms. The number of nitrogens with one attached hydrogen (secondary N) is 1. The van der Waals surface area contributed by atoms with E-state index in [0.29, 0.717) is 0 Å². The number of halogens is 6. The molecule has 0 aliphatic rings. The molecule has 0 aromatic rings. The summed E-state index contributed by atoms with van der Waals surface area (Å²) in [6.07, 6.45) is -0.398. The summed E-state index contributed by atoms with van der Waals surface area (Å²) in [6.45, 7) is -0.416.